The van der Waals surface area contributed by atoms with Crippen LogP contribution in [0.3, 0.4) is 0 Å². The van der Waals surface area contributed by atoms with Gasteiger partial charge in [-0.15, -0.1) is 0 Å². The van der Waals surface area contributed by atoms with Gasteiger partial charge in [0.25, 0.3) is 0 Å². The Labute approximate surface area is 99.8 Å². The minimum atomic E-state index is -0.258. The summed E-state index contributed by atoms with van der Waals surface area (Å²) < 4.78 is 14.6. The third-order valence-corrected chi connectivity index (χ3v) is 2.78. The molecule has 2 aromatic rings. The van der Waals surface area contributed by atoms with Crippen LogP contribution >= 0.6 is 27.5 Å². The van der Waals surface area contributed by atoms with Crippen LogP contribution in [0.2, 0.25) is 5.02 Å². The summed E-state index contributed by atoms with van der Waals surface area (Å²) in [5.74, 6) is -0.258. The van der Waals surface area contributed by atoms with Crippen LogP contribution in [0.25, 0.3) is 5.69 Å². The van der Waals surface area contributed by atoms with Crippen LogP contribution in [0.4, 0.5) is 4.39 Å². The van der Waals surface area contributed by atoms with E-state index in [1.807, 2.05) is 0 Å². The molecule has 0 amide bonds. The molecule has 15 heavy (non-hydrogen) atoms. The molecule has 5 heteroatoms. The Morgan fingerprint density at radius 1 is 1.47 bits per heavy atom. The maximum absolute atomic E-state index is 13.0. The van der Waals surface area contributed by atoms with Gasteiger partial charge in [-0.3, -0.25) is 0 Å². The summed E-state index contributed by atoms with van der Waals surface area (Å²) in [6.45, 7) is 0. The Kier molecular flexibility index (Phi) is 3.07. The van der Waals surface area contributed by atoms with Gasteiger partial charge < -0.3 is 0 Å². The van der Waals surface area contributed by atoms with Gasteiger partial charge in [0.2, 0.25) is 0 Å². The first-order valence-electron chi connectivity index (χ1n) is 4.25. The number of rotatable bonds is 2. The fourth-order valence-corrected chi connectivity index (χ4v) is 1.90. The number of benzene rings is 1. The molecule has 0 bridgehead atoms. The highest BCUT2D eigenvalue weighted by Crippen LogP contribution is 2.19. The molecule has 0 atom stereocenters. The Morgan fingerprint density at radius 2 is 2.27 bits per heavy atom. The molecule has 0 aliphatic heterocycles. The van der Waals surface area contributed by atoms with E-state index in [1.165, 1.54) is 12.1 Å². The molecule has 2 rings (SSSR count). The Balaban J connectivity index is 2.52. The second-order valence-corrected chi connectivity index (χ2v) is 4.01. The average Bonchev–Trinajstić information content (AvgIpc) is 2.64. The van der Waals surface area contributed by atoms with Gasteiger partial charge in [0, 0.05) is 11.5 Å². The Morgan fingerprint density at radius 3 is 2.87 bits per heavy atom. The second kappa shape index (κ2) is 4.33. The van der Waals surface area contributed by atoms with Crippen LogP contribution < -0.4 is 0 Å². The number of halogens is 3. The van der Waals surface area contributed by atoms with E-state index < -0.39 is 0 Å². The lowest BCUT2D eigenvalue weighted by molar-refractivity contribution is 0.625. The fourth-order valence-electron chi connectivity index (χ4n) is 1.32. The monoisotopic (exact) mass is 288 g/mol. The molecule has 0 spiro atoms. The van der Waals surface area contributed by atoms with Crippen molar-refractivity contribution in [2.24, 2.45) is 0 Å². The number of hydrogen-bond donors (Lipinski definition) is 0. The van der Waals surface area contributed by atoms with Crippen molar-refractivity contribution in [1.82, 2.24) is 9.78 Å². The van der Waals surface area contributed by atoms with Gasteiger partial charge >= 0.3 is 0 Å². The minimum Gasteiger partial charge on any atom is -0.239 e. The van der Waals surface area contributed by atoms with Gasteiger partial charge in [-0.25, -0.2) is 9.07 Å². The van der Waals surface area contributed by atoms with E-state index in [0.29, 0.717) is 10.4 Å². The molecule has 0 aliphatic carbocycles. The highest BCUT2D eigenvalue weighted by Gasteiger charge is 2.06. The van der Waals surface area contributed by atoms with Gasteiger partial charge in [-0.2, -0.15) is 5.10 Å². The molecule has 1 heterocycles. The van der Waals surface area contributed by atoms with Crippen LogP contribution in [0.5, 0.6) is 0 Å². The fraction of sp³-hybridized carbons (Fsp3) is 0.100. The second-order valence-electron chi connectivity index (χ2n) is 3.01. The first-order valence-corrected chi connectivity index (χ1v) is 5.75. The number of nitrogens with zero attached hydrogens (tertiary/aromatic N) is 2. The zero-order valence-electron chi connectivity index (χ0n) is 7.62. The first-order chi connectivity index (χ1) is 7.20. The molecule has 0 aliphatic rings. The smallest absolute Gasteiger partial charge is 0.123 e. The lowest BCUT2D eigenvalue weighted by Gasteiger charge is -2.06. The number of aromatic nitrogens is 2. The molecule has 1 aromatic carbocycles. The van der Waals surface area contributed by atoms with E-state index in [0.717, 1.165) is 11.3 Å². The van der Waals surface area contributed by atoms with Crippen molar-refractivity contribution in [2.45, 2.75) is 5.33 Å². The molecule has 1 aromatic heterocycles. The summed E-state index contributed by atoms with van der Waals surface area (Å²) in [4.78, 5) is 0. The Hall–Kier alpha value is -0.870. The van der Waals surface area contributed by atoms with Gasteiger partial charge in [0.15, 0.2) is 0 Å². The average molecular weight is 290 g/mol. The van der Waals surface area contributed by atoms with Crippen LogP contribution in [0.15, 0.2) is 30.6 Å². The predicted octanol–water partition coefficient (Wildman–Crippen LogP) is 3.56. The molecule has 0 saturated carbocycles. The molecular formula is C10H7BrClFN2. The molecule has 0 fully saturated rings. The van der Waals surface area contributed by atoms with Crippen LogP contribution in [-0.2, 0) is 5.33 Å². The maximum atomic E-state index is 13.0. The largest absolute Gasteiger partial charge is 0.239 e. The normalized spacial score (nSPS) is 10.6. The lowest BCUT2D eigenvalue weighted by Crippen LogP contribution is -1.99. The van der Waals surface area contributed by atoms with Crippen LogP contribution in [0, 0.1) is 5.82 Å². The quantitative estimate of drug-likeness (QED) is 0.773. The van der Waals surface area contributed by atoms with E-state index in [2.05, 4.69) is 21.0 Å². The van der Waals surface area contributed by atoms with Crippen molar-refractivity contribution in [2.75, 3.05) is 0 Å². The predicted molar refractivity (Wildman–Crippen MR) is 61.2 cm³/mol. The summed E-state index contributed by atoms with van der Waals surface area (Å²) in [6, 6.07) is 4.55. The summed E-state index contributed by atoms with van der Waals surface area (Å²) in [5.41, 5.74) is 1.65. The highest BCUT2D eigenvalue weighted by molar-refractivity contribution is 9.08. The standard InChI is InChI=1S/C10H7BrClFN2/c11-4-7-3-9(13)1-2-10(7)15-6-8(12)5-14-15/h1-3,5-6H,4H2. The van der Waals surface area contributed by atoms with Crippen molar-refractivity contribution < 1.29 is 4.39 Å². The SMILES string of the molecule is Fc1ccc(-n2cc(Cl)cn2)c(CBr)c1. The molecule has 78 valence electrons. The number of alkyl halides is 1. The summed E-state index contributed by atoms with van der Waals surface area (Å²) in [6.07, 6.45) is 3.23. The Bertz CT molecular complexity index is 484. The topological polar surface area (TPSA) is 17.8 Å². The summed E-state index contributed by atoms with van der Waals surface area (Å²) in [5, 5.41) is 5.19. The van der Waals surface area contributed by atoms with Gasteiger partial charge in [0.1, 0.15) is 5.82 Å². The molecular weight excluding hydrogens is 282 g/mol. The van der Waals surface area contributed by atoms with Crippen LogP contribution in [-0.4, -0.2) is 9.78 Å². The molecule has 0 unspecified atom stereocenters. The number of hydrogen-bond acceptors (Lipinski definition) is 1. The maximum Gasteiger partial charge on any atom is 0.123 e. The molecule has 0 saturated heterocycles. The summed E-state index contributed by atoms with van der Waals surface area (Å²) in [7, 11) is 0. The van der Waals surface area contributed by atoms with Crippen molar-refractivity contribution >= 4 is 27.5 Å². The van der Waals surface area contributed by atoms with Crippen LogP contribution in [0.1, 0.15) is 5.56 Å². The van der Waals surface area contributed by atoms with Crippen molar-refractivity contribution in [3.8, 4) is 5.69 Å². The van der Waals surface area contributed by atoms with E-state index >= 15 is 0 Å². The molecule has 2 nitrogen and oxygen atoms in total. The summed E-state index contributed by atoms with van der Waals surface area (Å²) >= 11 is 9.07. The van der Waals surface area contributed by atoms with Crippen molar-refractivity contribution in [3.05, 3.63) is 47.0 Å². The minimum absolute atomic E-state index is 0.258. The third-order valence-electron chi connectivity index (χ3n) is 1.98. The van der Waals surface area contributed by atoms with E-state index in [9.17, 15) is 4.39 Å². The van der Waals surface area contributed by atoms with E-state index in [4.69, 9.17) is 11.6 Å². The van der Waals surface area contributed by atoms with Gasteiger partial charge in [-0.1, -0.05) is 27.5 Å². The van der Waals surface area contributed by atoms with Crippen molar-refractivity contribution in [1.29, 1.82) is 0 Å². The van der Waals surface area contributed by atoms with E-state index in [-0.39, 0.29) is 5.82 Å². The van der Waals surface area contributed by atoms with Gasteiger partial charge in [-0.05, 0) is 23.8 Å². The highest BCUT2D eigenvalue weighted by atomic mass is 79.9. The molecule has 0 radical (unpaired) electrons. The molecule has 0 N–H and O–H groups in total. The zero-order chi connectivity index (χ0) is 10.8. The van der Waals surface area contributed by atoms with Crippen molar-refractivity contribution in [3.63, 3.8) is 0 Å². The zero-order valence-corrected chi connectivity index (χ0v) is 9.96. The lowest BCUT2D eigenvalue weighted by atomic mass is 10.2. The van der Waals surface area contributed by atoms with Gasteiger partial charge in [0.05, 0.1) is 16.9 Å². The van der Waals surface area contributed by atoms with E-state index in [1.54, 1.807) is 23.1 Å². The third kappa shape index (κ3) is 2.21. The first kappa shape index (κ1) is 10.6.